The molecule has 1 heterocycles. The van der Waals surface area contributed by atoms with Gasteiger partial charge in [0.15, 0.2) is 0 Å². The van der Waals surface area contributed by atoms with E-state index in [-0.39, 0.29) is 12.5 Å². The summed E-state index contributed by atoms with van der Waals surface area (Å²) in [5, 5.41) is 2.66. The van der Waals surface area contributed by atoms with Crippen LogP contribution < -0.4 is 21.3 Å². The van der Waals surface area contributed by atoms with Crippen molar-refractivity contribution in [3.63, 3.8) is 0 Å². The van der Waals surface area contributed by atoms with Crippen LogP contribution in [0.5, 0.6) is 5.75 Å². The summed E-state index contributed by atoms with van der Waals surface area (Å²) in [5.41, 5.74) is 2.98. The average molecular weight is 289 g/mol. The van der Waals surface area contributed by atoms with Gasteiger partial charge in [-0.25, -0.2) is 5.84 Å². The smallest absolute Gasteiger partial charge is 0.268 e. The Labute approximate surface area is 121 Å². The van der Waals surface area contributed by atoms with Crippen molar-refractivity contribution in [3.05, 3.63) is 47.9 Å². The third kappa shape index (κ3) is 4.08. The van der Waals surface area contributed by atoms with Crippen LogP contribution in [0.2, 0.25) is 0 Å². The molecular formula is C14H15N3O4. The standard InChI is InChI=1S/C14H15N3O4/c1-9(18)16-11-3-2-4-12(6-11)21-8-13-5-10(7-20-13)14(19)17-15/h2-7H,8,15H2,1H3,(H,16,18)(H,17,19). The molecule has 2 rings (SSSR count). The number of nitrogen functional groups attached to an aromatic ring is 1. The van der Waals surface area contributed by atoms with Gasteiger partial charge in [-0.2, -0.15) is 0 Å². The molecule has 1 aromatic carbocycles. The summed E-state index contributed by atoms with van der Waals surface area (Å²) in [5.74, 6) is 5.49. The molecule has 0 fully saturated rings. The number of furan rings is 1. The second kappa shape index (κ2) is 6.58. The van der Waals surface area contributed by atoms with Crippen molar-refractivity contribution in [2.24, 2.45) is 5.84 Å². The molecule has 0 atom stereocenters. The first-order chi connectivity index (χ1) is 10.1. The van der Waals surface area contributed by atoms with Crippen LogP contribution in [0.15, 0.2) is 41.0 Å². The van der Waals surface area contributed by atoms with Crippen LogP contribution in [0.4, 0.5) is 5.69 Å². The number of benzene rings is 1. The highest BCUT2D eigenvalue weighted by Crippen LogP contribution is 2.19. The van der Waals surface area contributed by atoms with Crippen LogP contribution in [0.3, 0.4) is 0 Å². The fourth-order valence-corrected chi connectivity index (χ4v) is 1.68. The topological polar surface area (TPSA) is 107 Å². The normalized spacial score (nSPS) is 10.0. The van der Waals surface area contributed by atoms with Gasteiger partial charge in [-0.05, 0) is 18.2 Å². The first kappa shape index (κ1) is 14.6. The van der Waals surface area contributed by atoms with E-state index >= 15 is 0 Å². The number of anilines is 1. The number of nitrogens with two attached hydrogens (primary N) is 1. The number of carbonyl (C=O) groups is 2. The van der Waals surface area contributed by atoms with Crippen LogP contribution in [0.1, 0.15) is 23.0 Å². The highest BCUT2D eigenvalue weighted by Gasteiger charge is 2.09. The first-order valence-corrected chi connectivity index (χ1v) is 6.17. The molecule has 2 amide bonds. The Bertz CT molecular complexity index is 651. The zero-order chi connectivity index (χ0) is 15.2. The highest BCUT2D eigenvalue weighted by molar-refractivity contribution is 5.93. The zero-order valence-electron chi connectivity index (χ0n) is 11.4. The van der Waals surface area contributed by atoms with Crippen LogP contribution in [0, 0.1) is 0 Å². The molecule has 2 aromatic rings. The van der Waals surface area contributed by atoms with E-state index in [9.17, 15) is 9.59 Å². The van der Waals surface area contributed by atoms with Gasteiger partial charge in [0.2, 0.25) is 5.91 Å². The molecule has 4 N–H and O–H groups in total. The molecule has 0 radical (unpaired) electrons. The summed E-state index contributed by atoms with van der Waals surface area (Å²) in [6, 6.07) is 8.50. The van der Waals surface area contributed by atoms with E-state index in [4.69, 9.17) is 15.0 Å². The highest BCUT2D eigenvalue weighted by atomic mass is 16.5. The molecule has 0 saturated heterocycles. The second-order valence-corrected chi connectivity index (χ2v) is 4.27. The van der Waals surface area contributed by atoms with Gasteiger partial charge < -0.3 is 14.5 Å². The van der Waals surface area contributed by atoms with Crippen molar-refractivity contribution in [1.82, 2.24) is 5.43 Å². The van der Waals surface area contributed by atoms with Gasteiger partial charge in [-0.15, -0.1) is 0 Å². The summed E-state index contributed by atoms with van der Waals surface area (Å²) in [4.78, 5) is 22.3. The monoisotopic (exact) mass is 289 g/mol. The Hall–Kier alpha value is -2.80. The second-order valence-electron chi connectivity index (χ2n) is 4.27. The van der Waals surface area contributed by atoms with Crippen molar-refractivity contribution in [1.29, 1.82) is 0 Å². The number of hydrogen-bond acceptors (Lipinski definition) is 5. The van der Waals surface area contributed by atoms with Gasteiger partial charge in [-0.1, -0.05) is 6.07 Å². The molecule has 0 spiro atoms. The van der Waals surface area contributed by atoms with Crippen molar-refractivity contribution >= 4 is 17.5 Å². The van der Waals surface area contributed by atoms with E-state index in [2.05, 4.69) is 5.32 Å². The van der Waals surface area contributed by atoms with Gasteiger partial charge >= 0.3 is 0 Å². The molecule has 7 heteroatoms. The Balaban J connectivity index is 1.98. The van der Waals surface area contributed by atoms with E-state index in [1.54, 1.807) is 30.3 Å². The van der Waals surface area contributed by atoms with E-state index in [1.165, 1.54) is 13.2 Å². The molecule has 0 unspecified atom stereocenters. The van der Waals surface area contributed by atoms with Crippen molar-refractivity contribution in [2.45, 2.75) is 13.5 Å². The molecule has 110 valence electrons. The number of ether oxygens (including phenoxy) is 1. The largest absolute Gasteiger partial charge is 0.486 e. The van der Waals surface area contributed by atoms with Gasteiger partial charge in [0.1, 0.15) is 24.4 Å². The lowest BCUT2D eigenvalue weighted by atomic mass is 10.3. The number of hydrogen-bond donors (Lipinski definition) is 3. The summed E-state index contributed by atoms with van der Waals surface area (Å²) >= 11 is 0. The Kier molecular flexibility index (Phi) is 4.57. The fourth-order valence-electron chi connectivity index (χ4n) is 1.68. The average Bonchev–Trinajstić information content (AvgIpc) is 2.93. The lowest BCUT2D eigenvalue weighted by molar-refractivity contribution is -0.114. The summed E-state index contributed by atoms with van der Waals surface area (Å²) < 4.78 is 10.7. The Morgan fingerprint density at radius 2 is 2.14 bits per heavy atom. The molecular weight excluding hydrogens is 274 g/mol. The van der Waals surface area contributed by atoms with E-state index in [1.807, 2.05) is 5.43 Å². The minimum absolute atomic E-state index is 0.154. The van der Waals surface area contributed by atoms with Gasteiger partial charge in [0.05, 0.1) is 5.56 Å². The van der Waals surface area contributed by atoms with E-state index in [0.29, 0.717) is 22.8 Å². The van der Waals surface area contributed by atoms with Gasteiger partial charge in [0, 0.05) is 18.7 Å². The van der Waals surface area contributed by atoms with E-state index < -0.39 is 5.91 Å². The number of carbonyl (C=O) groups excluding carboxylic acids is 2. The predicted octanol–water partition coefficient (Wildman–Crippen LogP) is 1.42. The third-order valence-corrected chi connectivity index (χ3v) is 2.58. The summed E-state index contributed by atoms with van der Waals surface area (Å²) in [6.45, 7) is 1.59. The first-order valence-electron chi connectivity index (χ1n) is 6.17. The van der Waals surface area contributed by atoms with Crippen molar-refractivity contribution in [3.8, 4) is 5.75 Å². The number of nitrogens with one attached hydrogen (secondary N) is 2. The number of amides is 2. The van der Waals surface area contributed by atoms with Crippen LogP contribution in [0.25, 0.3) is 0 Å². The maximum absolute atomic E-state index is 11.3. The lowest BCUT2D eigenvalue weighted by Gasteiger charge is -2.07. The third-order valence-electron chi connectivity index (χ3n) is 2.58. The van der Waals surface area contributed by atoms with E-state index in [0.717, 1.165) is 0 Å². The summed E-state index contributed by atoms with van der Waals surface area (Å²) in [7, 11) is 0. The fraction of sp³-hybridized carbons (Fsp3) is 0.143. The molecule has 0 aliphatic rings. The summed E-state index contributed by atoms with van der Waals surface area (Å²) in [6.07, 6.45) is 1.30. The molecule has 0 aliphatic carbocycles. The van der Waals surface area contributed by atoms with Crippen molar-refractivity contribution in [2.75, 3.05) is 5.32 Å². The molecule has 0 saturated carbocycles. The zero-order valence-corrected chi connectivity index (χ0v) is 11.4. The van der Waals surface area contributed by atoms with Crippen LogP contribution in [-0.4, -0.2) is 11.8 Å². The van der Waals surface area contributed by atoms with Crippen LogP contribution >= 0.6 is 0 Å². The molecule has 0 bridgehead atoms. The van der Waals surface area contributed by atoms with Gasteiger partial charge in [-0.3, -0.25) is 15.0 Å². The SMILES string of the molecule is CC(=O)Nc1cccc(OCc2cc(C(=O)NN)co2)c1. The quantitative estimate of drug-likeness (QED) is 0.438. The molecule has 7 nitrogen and oxygen atoms in total. The maximum Gasteiger partial charge on any atom is 0.268 e. The van der Waals surface area contributed by atoms with Gasteiger partial charge in [0.25, 0.3) is 5.91 Å². The number of hydrazine groups is 1. The molecule has 21 heavy (non-hydrogen) atoms. The minimum Gasteiger partial charge on any atom is -0.486 e. The maximum atomic E-state index is 11.3. The molecule has 0 aliphatic heterocycles. The lowest BCUT2D eigenvalue weighted by Crippen LogP contribution is -2.29. The predicted molar refractivity (Wildman–Crippen MR) is 75.4 cm³/mol. The Morgan fingerprint density at radius 1 is 1.33 bits per heavy atom. The number of rotatable bonds is 5. The van der Waals surface area contributed by atoms with Crippen molar-refractivity contribution < 1.29 is 18.7 Å². The van der Waals surface area contributed by atoms with Crippen LogP contribution in [-0.2, 0) is 11.4 Å². The minimum atomic E-state index is -0.433. The Morgan fingerprint density at radius 3 is 2.86 bits per heavy atom. The molecule has 1 aromatic heterocycles.